The number of amides is 1. The SMILES string of the molecule is COC(=O)N1CCc2c(cncc2C(=O)n2nc(C)c(CCN)c2C)C1. The molecule has 138 valence electrons. The number of aryl methyl sites for hydroxylation is 1. The Bertz CT molecular complexity index is 859. The molecule has 1 amide bonds. The van der Waals surface area contributed by atoms with E-state index in [9.17, 15) is 9.59 Å². The molecule has 3 rings (SSSR count). The highest BCUT2D eigenvalue weighted by atomic mass is 16.5. The second-order valence-corrected chi connectivity index (χ2v) is 6.37. The van der Waals surface area contributed by atoms with Gasteiger partial charge in [-0.15, -0.1) is 0 Å². The van der Waals surface area contributed by atoms with Crippen molar-refractivity contribution in [2.45, 2.75) is 33.2 Å². The molecule has 2 aromatic heterocycles. The van der Waals surface area contributed by atoms with Crippen LogP contribution >= 0.6 is 0 Å². The fourth-order valence-electron chi connectivity index (χ4n) is 3.46. The Kier molecular flexibility index (Phi) is 5.03. The van der Waals surface area contributed by atoms with E-state index < -0.39 is 0 Å². The van der Waals surface area contributed by atoms with Gasteiger partial charge in [0.1, 0.15) is 0 Å². The van der Waals surface area contributed by atoms with Gasteiger partial charge < -0.3 is 15.4 Å². The van der Waals surface area contributed by atoms with Crippen LogP contribution in [0.5, 0.6) is 0 Å². The predicted octanol–water partition coefficient (Wildman–Crippen LogP) is 1.21. The molecule has 0 saturated carbocycles. The van der Waals surface area contributed by atoms with Gasteiger partial charge in [-0.1, -0.05) is 0 Å². The van der Waals surface area contributed by atoms with Crippen molar-refractivity contribution in [3.05, 3.63) is 46.0 Å². The van der Waals surface area contributed by atoms with Gasteiger partial charge in [-0.2, -0.15) is 5.10 Å². The monoisotopic (exact) mass is 357 g/mol. The summed E-state index contributed by atoms with van der Waals surface area (Å²) in [5, 5.41) is 4.41. The molecule has 0 unspecified atom stereocenters. The summed E-state index contributed by atoms with van der Waals surface area (Å²) in [6, 6.07) is 0. The Labute approximate surface area is 151 Å². The molecular formula is C18H23N5O3. The highest BCUT2D eigenvalue weighted by Gasteiger charge is 2.27. The van der Waals surface area contributed by atoms with Crippen molar-refractivity contribution < 1.29 is 14.3 Å². The minimum atomic E-state index is -0.377. The third-order valence-electron chi connectivity index (χ3n) is 4.83. The topological polar surface area (TPSA) is 103 Å². The highest BCUT2D eigenvalue weighted by molar-refractivity contribution is 5.97. The number of aromatic nitrogens is 3. The Morgan fingerprint density at radius 3 is 2.77 bits per heavy atom. The molecule has 3 heterocycles. The molecule has 1 aliphatic heterocycles. The molecule has 0 aromatic carbocycles. The molecule has 0 bridgehead atoms. The van der Waals surface area contributed by atoms with Gasteiger partial charge in [-0.3, -0.25) is 9.78 Å². The number of carbonyl (C=O) groups is 2. The lowest BCUT2D eigenvalue weighted by atomic mass is 9.97. The Morgan fingerprint density at radius 2 is 2.08 bits per heavy atom. The molecular weight excluding hydrogens is 334 g/mol. The van der Waals surface area contributed by atoms with E-state index in [1.165, 1.54) is 11.8 Å². The second-order valence-electron chi connectivity index (χ2n) is 6.37. The lowest BCUT2D eigenvalue weighted by Gasteiger charge is -2.28. The first kappa shape index (κ1) is 18.1. The summed E-state index contributed by atoms with van der Waals surface area (Å²) < 4.78 is 6.22. The number of fused-ring (bicyclic) bond motifs is 1. The van der Waals surface area contributed by atoms with Crippen LogP contribution < -0.4 is 5.73 Å². The first-order valence-electron chi connectivity index (χ1n) is 8.56. The normalized spacial score (nSPS) is 13.5. The quantitative estimate of drug-likeness (QED) is 0.885. The summed E-state index contributed by atoms with van der Waals surface area (Å²) in [5.41, 5.74) is 10.6. The Hall–Kier alpha value is -2.74. The van der Waals surface area contributed by atoms with Crippen LogP contribution in [-0.4, -0.2) is 51.9 Å². The van der Waals surface area contributed by atoms with Gasteiger partial charge in [0.25, 0.3) is 5.91 Å². The average molecular weight is 357 g/mol. The van der Waals surface area contributed by atoms with Gasteiger partial charge in [-0.05, 0) is 49.9 Å². The van der Waals surface area contributed by atoms with Crippen LogP contribution in [0, 0.1) is 13.8 Å². The van der Waals surface area contributed by atoms with Crippen molar-refractivity contribution in [1.29, 1.82) is 0 Å². The fraction of sp³-hybridized carbons (Fsp3) is 0.444. The number of hydrogen-bond acceptors (Lipinski definition) is 6. The number of pyridine rings is 1. The number of nitrogens with two attached hydrogens (primary N) is 1. The third kappa shape index (κ3) is 3.08. The van der Waals surface area contributed by atoms with Crippen LogP contribution in [0.25, 0.3) is 0 Å². The third-order valence-corrected chi connectivity index (χ3v) is 4.83. The molecule has 8 heteroatoms. The van der Waals surface area contributed by atoms with Crippen molar-refractivity contribution in [3.8, 4) is 0 Å². The van der Waals surface area contributed by atoms with Gasteiger partial charge in [0.2, 0.25) is 0 Å². The molecule has 0 aliphatic carbocycles. The summed E-state index contributed by atoms with van der Waals surface area (Å²) in [5.74, 6) is -0.204. The van der Waals surface area contributed by atoms with E-state index in [0.717, 1.165) is 28.1 Å². The number of nitrogens with zero attached hydrogens (tertiary/aromatic N) is 4. The van der Waals surface area contributed by atoms with Crippen molar-refractivity contribution in [3.63, 3.8) is 0 Å². The first-order valence-corrected chi connectivity index (χ1v) is 8.56. The molecule has 0 atom stereocenters. The van der Waals surface area contributed by atoms with Gasteiger partial charge >= 0.3 is 6.09 Å². The van der Waals surface area contributed by atoms with Gasteiger partial charge in [-0.25, -0.2) is 9.48 Å². The number of ether oxygens (including phenoxy) is 1. The smallest absolute Gasteiger partial charge is 0.409 e. The lowest BCUT2D eigenvalue weighted by Crippen LogP contribution is -2.36. The standard InChI is InChI=1S/C18H23N5O3/c1-11-14(4-6-19)12(2)23(21-11)17(24)16-9-20-8-13-10-22(18(25)26-3)7-5-15(13)16/h8-9H,4-7,10,19H2,1-3H3. The zero-order chi connectivity index (χ0) is 18.8. The molecule has 26 heavy (non-hydrogen) atoms. The molecule has 2 N–H and O–H groups in total. The summed E-state index contributed by atoms with van der Waals surface area (Å²) in [4.78, 5) is 30.7. The fourth-order valence-corrected chi connectivity index (χ4v) is 3.46. The van der Waals surface area contributed by atoms with Crippen LogP contribution in [0.3, 0.4) is 0 Å². The molecule has 2 aromatic rings. The first-order chi connectivity index (χ1) is 12.5. The number of carbonyl (C=O) groups excluding carboxylic acids is 2. The van der Waals surface area contributed by atoms with Gasteiger partial charge in [0.15, 0.2) is 0 Å². The van der Waals surface area contributed by atoms with Gasteiger partial charge in [0.05, 0.1) is 24.9 Å². The summed E-state index contributed by atoms with van der Waals surface area (Å²) in [7, 11) is 1.36. The lowest BCUT2D eigenvalue weighted by molar-refractivity contribution is 0.0939. The maximum Gasteiger partial charge on any atom is 0.409 e. The van der Waals surface area contributed by atoms with E-state index in [0.29, 0.717) is 38.0 Å². The van der Waals surface area contributed by atoms with E-state index in [2.05, 4.69) is 10.1 Å². The Morgan fingerprint density at radius 1 is 1.31 bits per heavy atom. The van der Waals surface area contributed by atoms with Crippen LogP contribution in [0.4, 0.5) is 4.79 Å². The Balaban J connectivity index is 1.96. The van der Waals surface area contributed by atoms with E-state index >= 15 is 0 Å². The highest BCUT2D eigenvalue weighted by Crippen LogP contribution is 2.24. The van der Waals surface area contributed by atoms with Crippen molar-refractivity contribution >= 4 is 12.0 Å². The van der Waals surface area contributed by atoms with Crippen LogP contribution in [0.15, 0.2) is 12.4 Å². The van der Waals surface area contributed by atoms with E-state index in [1.54, 1.807) is 17.3 Å². The number of rotatable bonds is 3. The molecule has 0 radical (unpaired) electrons. The summed E-state index contributed by atoms with van der Waals surface area (Å²) >= 11 is 0. The van der Waals surface area contributed by atoms with Crippen LogP contribution in [0.2, 0.25) is 0 Å². The zero-order valence-electron chi connectivity index (χ0n) is 15.3. The van der Waals surface area contributed by atoms with E-state index in [4.69, 9.17) is 10.5 Å². The number of methoxy groups -OCH3 is 1. The largest absolute Gasteiger partial charge is 0.453 e. The zero-order valence-corrected chi connectivity index (χ0v) is 15.3. The molecule has 0 spiro atoms. The van der Waals surface area contributed by atoms with Crippen molar-refractivity contribution in [1.82, 2.24) is 19.7 Å². The van der Waals surface area contributed by atoms with Crippen LogP contribution in [0.1, 0.15) is 38.4 Å². The van der Waals surface area contributed by atoms with Gasteiger partial charge in [0, 0.05) is 24.6 Å². The maximum atomic E-state index is 13.1. The predicted molar refractivity (Wildman–Crippen MR) is 94.9 cm³/mol. The summed E-state index contributed by atoms with van der Waals surface area (Å²) in [6.45, 7) is 5.15. The minimum Gasteiger partial charge on any atom is -0.453 e. The maximum absolute atomic E-state index is 13.1. The van der Waals surface area contributed by atoms with E-state index in [1.807, 2.05) is 13.8 Å². The average Bonchev–Trinajstić information content (AvgIpc) is 2.94. The van der Waals surface area contributed by atoms with Crippen molar-refractivity contribution in [2.75, 3.05) is 20.2 Å². The van der Waals surface area contributed by atoms with E-state index in [-0.39, 0.29) is 12.0 Å². The second kappa shape index (κ2) is 7.25. The molecule has 1 aliphatic rings. The van der Waals surface area contributed by atoms with Crippen LogP contribution in [-0.2, 0) is 24.1 Å². The minimum absolute atomic E-state index is 0.204. The molecule has 0 saturated heterocycles. The molecule has 0 fully saturated rings. The van der Waals surface area contributed by atoms with Crippen molar-refractivity contribution in [2.24, 2.45) is 5.73 Å². The summed E-state index contributed by atoms with van der Waals surface area (Å²) in [6.07, 6.45) is 4.15. The molecule has 8 nitrogen and oxygen atoms in total. The number of hydrogen-bond donors (Lipinski definition) is 1.